The number of alkyl halides is 3. The van der Waals surface area contributed by atoms with Gasteiger partial charge in [0.15, 0.2) is 0 Å². The number of hydrogen-bond donors (Lipinski definition) is 0. The average molecular weight is 433 g/mol. The van der Waals surface area contributed by atoms with Gasteiger partial charge in [-0.15, -0.1) is 13.2 Å². The largest absolute Gasteiger partial charge is 0.574 e. The first kappa shape index (κ1) is 16.2. The van der Waals surface area contributed by atoms with E-state index in [0.29, 0.717) is 6.07 Å². The van der Waals surface area contributed by atoms with Crippen molar-refractivity contribution in [3.63, 3.8) is 0 Å². The van der Waals surface area contributed by atoms with Crippen molar-refractivity contribution >= 4 is 48.0 Å². The summed E-state index contributed by atoms with van der Waals surface area (Å²) in [5, 5.41) is 10.7. The fraction of sp³-hybridized carbons (Fsp3) is 0.167. The molecule has 1 aromatic heterocycles. The predicted octanol–water partition coefficient (Wildman–Crippen LogP) is 2.42. The van der Waals surface area contributed by atoms with Crippen LogP contribution in [0.1, 0.15) is 0 Å². The molecule has 1 heterocycles. The Morgan fingerprint density at radius 3 is 2.37 bits per heavy atom. The summed E-state index contributed by atoms with van der Waals surface area (Å²) >= 11 is 1.36. The Morgan fingerprint density at radius 2 is 2.00 bits per heavy atom. The van der Waals surface area contributed by atoms with E-state index in [9.17, 15) is 31.7 Å². The zero-order valence-electron chi connectivity index (χ0n) is 8.31. The van der Waals surface area contributed by atoms with Crippen molar-refractivity contribution in [1.82, 2.24) is 4.98 Å². The Balaban J connectivity index is 3.66. The van der Waals surface area contributed by atoms with Gasteiger partial charge < -0.3 is 4.74 Å². The van der Waals surface area contributed by atoms with Gasteiger partial charge in [-0.2, -0.15) is 0 Å². The molecule has 106 valence electrons. The molecule has 0 aliphatic rings. The number of nitro groups is 1. The molecule has 1 rings (SSSR count). The molecule has 7 nitrogen and oxygen atoms in total. The van der Waals surface area contributed by atoms with Crippen LogP contribution in [0.3, 0.4) is 0 Å². The second-order valence-corrected chi connectivity index (χ2v) is 6.45. The molecule has 13 heteroatoms. The number of halogens is 5. The van der Waals surface area contributed by atoms with Gasteiger partial charge >= 0.3 is 6.36 Å². The summed E-state index contributed by atoms with van der Waals surface area (Å²) in [6, 6.07) is 0.652. The van der Waals surface area contributed by atoms with Crippen LogP contribution in [0.4, 0.5) is 18.9 Å². The third-order valence-corrected chi connectivity index (χ3v) is 3.43. The Labute approximate surface area is 121 Å². The second-order valence-electron chi connectivity index (χ2n) is 2.84. The molecular formula is C6HClF3IN2O5S. The van der Waals surface area contributed by atoms with Crippen LogP contribution in [0.15, 0.2) is 11.0 Å². The topological polar surface area (TPSA) is 99.4 Å². The SMILES string of the molecule is O=[N+]([O-])c1cc(I)nc(OC(F)(F)F)c1S(=O)(=O)Cl. The van der Waals surface area contributed by atoms with Gasteiger partial charge in [-0.3, -0.25) is 10.1 Å². The van der Waals surface area contributed by atoms with Gasteiger partial charge in [0.2, 0.25) is 4.90 Å². The molecule has 0 saturated carbocycles. The third-order valence-electron chi connectivity index (χ3n) is 1.54. The predicted molar refractivity (Wildman–Crippen MR) is 63.3 cm³/mol. The number of aromatic nitrogens is 1. The number of nitrogens with zero attached hydrogens (tertiary/aromatic N) is 2. The van der Waals surface area contributed by atoms with E-state index in [1.54, 1.807) is 0 Å². The van der Waals surface area contributed by atoms with Crippen LogP contribution in [-0.4, -0.2) is 24.7 Å². The molecule has 19 heavy (non-hydrogen) atoms. The molecule has 0 saturated heterocycles. The standard InChI is InChI=1S/C6HClF3IN2O5S/c7-19(16,17)4-2(13(14)15)1-3(11)12-5(4)18-6(8,9)10/h1H. The molecule has 0 spiro atoms. The molecule has 0 atom stereocenters. The van der Waals surface area contributed by atoms with E-state index < -0.39 is 36.8 Å². The third kappa shape index (κ3) is 4.31. The lowest BCUT2D eigenvalue weighted by Gasteiger charge is -2.10. The average Bonchev–Trinajstić information content (AvgIpc) is 2.10. The maximum atomic E-state index is 12.1. The van der Waals surface area contributed by atoms with Crippen molar-refractivity contribution in [2.24, 2.45) is 0 Å². The van der Waals surface area contributed by atoms with Crippen LogP contribution in [-0.2, 0) is 9.05 Å². The lowest BCUT2D eigenvalue weighted by molar-refractivity contribution is -0.388. The maximum absolute atomic E-state index is 12.1. The van der Waals surface area contributed by atoms with Gasteiger partial charge in [-0.1, -0.05) is 0 Å². The molecule has 0 bridgehead atoms. The van der Waals surface area contributed by atoms with Gasteiger partial charge in [0.05, 0.1) is 4.92 Å². The molecule has 0 aliphatic heterocycles. The minimum Gasteiger partial charge on any atom is -0.386 e. The summed E-state index contributed by atoms with van der Waals surface area (Å²) in [4.78, 5) is 11.1. The first-order valence-corrected chi connectivity index (χ1v) is 7.36. The van der Waals surface area contributed by atoms with E-state index in [1.807, 2.05) is 0 Å². The van der Waals surface area contributed by atoms with E-state index in [2.05, 4.69) is 9.72 Å². The van der Waals surface area contributed by atoms with Gasteiger partial charge in [0.25, 0.3) is 20.6 Å². The van der Waals surface area contributed by atoms with Crippen molar-refractivity contribution in [2.45, 2.75) is 11.3 Å². The minimum atomic E-state index is -5.28. The van der Waals surface area contributed by atoms with Crippen molar-refractivity contribution in [1.29, 1.82) is 0 Å². The van der Waals surface area contributed by atoms with Gasteiger partial charge in [-0.05, 0) is 22.6 Å². The normalized spacial score (nSPS) is 12.3. The van der Waals surface area contributed by atoms with Crippen LogP contribution >= 0.6 is 33.3 Å². The molecule has 0 unspecified atom stereocenters. The quantitative estimate of drug-likeness (QED) is 0.239. The van der Waals surface area contributed by atoms with E-state index >= 15 is 0 Å². The summed E-state index contributed by atoms with van der Waals surface area (Å²) < 4.78 is 61.7. The van der Waals surface area contributed by atoms with Gasteiger partial charge in [0.1, 0.15) is 3.70 Å². The molecule has 0 aromatic carbocycles. The summed E-state index contributed by atoms with van der Waals surface area (Å²) in [6.45, 7) is 0. The summed E-state index contributed by atoms with van der Waals surface area (Å²) in [5.41, 5.74) is -1.16. The van der Waals surface area contributed by atoms with Crippen molar-refractivity contribution in [3.8, 4) is 5.88 Å². The fourth-order valence-electron chi connectivity index (χ4n) is 1.01. The highest BCUT2D eigenvalue weighted by atomic mass is 127. The van der Waals surface area contributed by atoms with Crippen molar-refractivity contribution in [2.75, 3.05) is 0 Å². The van der Waals surface area contributed by atoms with Crippen LogP contribution in [0.25, 0.3) is 0 Å². The summed E-state index contributed by atoms with van der Waals surface area (Å²) in [6.07, 6.45) is -5.28. The van der Waals surface area contributed by atoms with Crippen molar-refractivity contribution < 1.29 is 31.2 Å². The fourth-order valence-corrected chi connectivity index (χ4v) is 2.64. The summed E-state index contributed by atoms with van der Waals surface area (Å²) in [5.74, 6) is -1.50. The highest BCUT2D eigenvalue weighted by molar-refractivity contribution is 14.1. The Hall–Kier alpha value is -0.890. The molecule has 0 aliphatic carbocycles. The molecule has 0 N–H and O–H groups in total. The van der Waals surface area contributed by atoms with Crippen LogP contribution in [0, 0.1) is 13.8 Å². The molecular weight excluding hydrogens is 431 g/mol. The lowest BCUT2D eigenvalue weighted by atomic mass is 10.4. The monoisotopic (exact) mass is 432 g/mol. The zero-order valence-corrected chi connectivity index (χ0v) is 12.0. The van der Waals surface area contributed by atoms with Crippen LogP contribution in [0.2, 0.25) is 0 Å². The Morgan fingerprint density at radius 1 is 1.47 bits per heavy atom. The van der Waals surface area contributed by atoms with Crippen LogP contribution in [0.5, 0.6) is 5.88 Å². The molecule has 0 radical (unpaired) electrons. The van der Waals surface area contributed by atoms with Gasteiger partial charge in [0, 0.05) is 16.7 Å². The second kappa shape index (κ2) is 5.24. The Bertz CT molecular complexity index is 634. The Kier molecular flexibility index (Phi) is 4.46. The number of rotatable bonds is 3. The minimum absolute atomic E-state index is 0.271. The van der Waals surface area contributed by atoms with Gasteiger partial charge in [-0.25, -0.2) is 13.4 Å². The van der Waals surface area contributed by atoms with Crippen LogP contribution < -0.4 is 4.74 Å². The first-order valence-electron chi connectivity index (χ1n) is 3.97. The number of hydrogen-bond acceptors (Lipinski definition) is 6. The lowest BCUT2D eigenvalue weighted by Crippen LogP contribution is -2.20. The maximum Gasteiger partial charge on any atom is 0.574 e. The van der Waals surface area contributed by atoms with Crippen molar-refractivity contribution in [3.05, 3.63) is 19.9 Å². The first-order chi connectivity index (χ1) is 8.42. The molecule has 0 fully saturated rings. The van der Waals surface area contributed by atoms with E-state index in [1.165, 1.54) is 22.6 Å². The smallest absolute Gasteiger partial charge is 0.386 e. The summed E-state index contributed by atoms with van der Waals surface area (Å²) in [7, 11) is 0.0135. The molecule has 0 amide bonds. The highest BCUT2D eigenvalue weighted by Gasteiger charge is 2.39. The van der Waals surface area contributed by atoms with E-state index in [0.717, 1.165) is 0 Å². The van der Waals surface area contributed by atoms with E-state index in [4.69, 9.17) is 10.7 Å². The number of pyridine rings is 1. The highest BCUT2D eigenvalue weighted by Crippen LogP contribution is 2.37. The van der Waals surface area contributed by atoms with E-state index in [-0.39, 0.29) is 3.70 Å². The zero-order chi connectivity index (χ0) is 15.0. The number of ether oxygens (including phenoxy) is 1. The molecule has 1 aromatic rings.